The van der Waals surface area contributed by atoms with Crippen molar-refractivity contribution in [1.29, 1.82) is 0 Å². The molecule has 0 spiro atoms. The molecular weight excluding hydrogens is 214 g/mol. The van der Waals surface area contributed by atoms with E-state index in [2.05, 4.69) is 24.4 Å². The lowest BCUT2D eigenvalue weighted by Crippen LogP contribution is -2.20. The van der Waals surface area contributed by atoms with Gasteiger partial charge in [0.1, 0.15) is 0 Å². The van der Waals surface area contributed by atoms with E-state index in [1.54, 1.807) is 0 Å². The molecule has 0 saturated heterocycles. The largest absolute Gasteiger partial charge is 0.328 e. The summed E-state index contributed by atoms with van der Waals surface area (Å²) in [6.07, 6.45) is 10.3. The second-order valence-electron chi connectivity index (χ2n) is 4.58. The monoisotopic (exact) mass is 239 g/mol. The van der Waals surface area contributed by atoms with Gasteiger partial charge >= 0.3 is 0 Å². The lowest BCUT2D eigenvalue weighted by atomic mass is 10.0. The molecule has 0 fully saturated rings. The predicted octanol–water partition coefficient (Wildman–Crippen LogP) is 4.37. The van der Waals surface area contributed by atoms with Crippen molar-refractivity contribution in [1.82, 2.24) is 0 Å². The fraction of sp³-hybridized carbons (Fsp3) is 0.714. The predicted molar refractivity (Wildman–Crippen MR) is 74.0 cm³/mol. The summed E-state index contributed by atoms with van der Waals surface area (Å²) in [5.74, 6) is 0. The van der Waals surface area contributed by atoms with Gasteiger partial charge in [0.25, 0.3) is 0 Å². The second-order valence-corrected chi connectivity index (χ2v) is 5.61. The molecule has 0 saturated carbocycles. The first-order chi connectivity index (χ1) is 7.83. The minimum absolute atomic E-state index is 0.406. The first kappa shape index (κ1) is 13.7. The van der Waals surface area contributed by atoms with E-state index in [4.69, 9.17) is 5.73 Å². The van der Waals surface area contributed by atoms with Crippen LogP contribution in [0.2, 0.25) is 0 Å². The third-order valence-electron chi connectivity index (χ3n) is 3.02. The summed E-state index contributed by atoms with van der Waals surface area (Å²) >= 11 is 1.84. The molecular formula is C14H25NS. The van der Waals surface area contributed by atoms with Crippen LogP contribution in [0.1, 0.15) is 56.7 Å². The Labute approximate surface area is 104 Å². The molecule has 1 nitrogen and oxygen atoms in total. The molecule has 0 aliphatic rings. The molecule has 1 unspecified atom stereocenters. The van der Waals surface area contributed by atoms with Crippen LogP contribution < -0.4 is 5.73 Å². The Kier molecular flexibility index (Phi) is 7.52. The summed E-state index contributed by atoms with van der Waals surface area (Å²) in [6, 6.07) is 4.73. The fourth-order valence-corrected chi connectivity index (χ4v) is 2.66. The van der Waals surface area contributed by atoms with Crippen LogP contribution in [0.4, 0.5) is 0 Å². The van der Waals surface area contributed by atoms with Gasteiger partial charge in [0.05, 0.1) is 0 Å². The maximum Gasteiger partial charge on any atom is 0.00458 e. The first-order valence-corrected chi connectivity index (χ1v) is 7.49. The Bertz CT molecular complexity index is 243. The Balaban J connectivity index is 1.96. The Morgan fingerprint density at radius 1 is 1.19 bits per heavy atom. The number of unbranched alkanes of at least 4 members (excludes halogenated alkanes) is 4. The summed E-state index contributed by atoms with van der Waals surface area (Å²) in [6.45, 7) is 2.26. The van der Waals surface area contributed by atoms with E-state index in [0.29, 0.717) is 6.04 Å². The van der Waals surface area contributed by atoms with E-state index >= 15 is 0 Å². The zero-order valence-electron chi connectivity index (χ0n) is 10.5. The Hall–Kier alpha value is -0.340. The fourth-order valence-electron chi connectivity index (χ4n) is 1.94. The van der Waals surface area contributed by atoms with Gasteiger partial charge in [0.2, 0.25) is 0 Å². The number of thiophene rings is 1. The van der Waals surface area contributed by atoms with Crippen LogP contribution in [0.25, 0.3) is 0 Å². The van der Waals surface area contributed by atoms with Gasteiger partial charge in [0, 0.05) is 10.9 Å². The molecule has 0 bridgehead atoms. The molecule has 1 rings (SSSR count). The van der Waals surface area contributed by atoms with Gasteiger partial charge in [0.15, 0.2) is 0 Å². The van der Waals surface area contributed by atoms with Crippen molar-refractivity contribution in [2.75, 3.05) is 0 Å². The molecule has 1 aromatic rings. The van der Waals surface area contributed by atoms with Gasteiger partial charge in [-0.15, -0.1) is 11.3 Å². The third-order valence-corrected chi connectivity index (χ3v) is 3.96. The second kappa shape index (κ2) is 8.77. The number of hydrogen-bond donors (Lipinski definition) is 1. The maximum absolute atomic E-state index is 6.11. The van der Waals surface area contributed by atoms with Crippen LogP contribution in [0.3, 0.4) is 0 Å². The lowest BCUT2D eigenvalue weighted by Gasteiger charge is -2.10. The molecule has 1 aromatic heterocycles. The molecule has 0 aliphatic carbocycles. The number of rotatable bonds is 9. The van der Waals surface area contributed by atoms with E-state index in [0.717, 1.165) is 12.8 Å². The molecule has 0 aromatic carbocycles. The van der Waals surface area contributed by atoms with Crippen molar-refractivity contribution >= 4 is 11.3 Å². The van der Waals surface area contributed by atoms with Crippen molar-refractivity contribution in [2.24, 2.45) is 5.73 Å². The van der Waals surface area contributed by atoms with E-state index in [9.17, 15) is 0 Å². The van der Waals surface area contributed by atoms with E-state index < -0.39 is 0 Å². The van der Waals surface area contributed by atoms with Crippen molar-refractivity contribution in [3.63, 3.8) is 0 Å². The first-order valence-electron chi connectivity index (χ1n) is 6.61. The minimum Gasteiger partial charge on any atom is -0.328 e. The molecule has 2 N–H and O–H groups in total. The van der Waals surface area contributed by atoms with Gasteiger partial charge in [-0.25, -0.2) is 0 Å². The van der Waals surface area contributed by atoms with Crippen LogP contribution in [0.15, 0.2) is 17.5 Å². The average molecular weight is 239 g/mol. The SMILES string of the molecule is CCCCCCCC(N)CCc1cccs1. The summed E-state index contributed by atoms with van der Waals surface area (Å²) in [4.78, 5) is 1.47. The van der Waals surface area contributed by atoms with Crippen molar-refractivity contribution in [3.8, 4) is 0 Å². The summed E-state index contributed by atoms with van der Waals surface area (Å²) in [7, 11) is 0. The number of nitrogens with two attached hydrogens (primary N) is 1. The van der Waals surface area contributed by atoms with E-state index in [1.165, 1.54) is 43.4 Å². The molecule has 16 heavy (non-hydrogen) atoms. The van der Waals surface area contributed by atoms with Crippen molar-refractivity contribution < 1.29 is 0 Å². The molecule has 1 atom stereocenters. The van der Waals surface area contributed by atoms with Gasteiger partial charge in [-0.3, -0.25) is 0 Å². The Morgan fingerprint density at radius 2 is 2.00 bits per heavy atom. The summed E-state index contributed by atoms with van der Waals surface area (Å²) in [5, 5.41) is 2.14. The highest BCUT2D eigenvalue weighted by Gasteiger charge is 2.03. The van der Waals surface area contributed by atoms with Gasteiger partial charge < -0.3 is 5.73 Å². The van der Waals surface area contributed by atoms with Crippen molar-refractivity contribution in [2.45, 2.75) is 64.3 Å². The smallest absolute Gasteiger partial charge is 0.00458 e. The average Bonchev–Trinajstić information content (AvgIpc) is 2.79. The molecule has 92 valence electrons. The summed E-state index contributed by atoms with van der Waals surface area (Å²) < 4.78 is 0. The van der Waals surface area contributed by atoms with Gasteiger partial charge in [-0.05, 0) is 30.7 Å². The molecule has 1 heterocycles. The molecule has 0 amide bonds. The van der Waals surface area contributed by atoms with Crippen LogP contribution in [0, 0.1) is 0 Å². The van der Waals surface area contributed by atoms with Crippen LogP contribution in [-0.2, 0) is 6.42 Å². The standard InChI is InChI=1S/C14H25NS/c1-2-3-4-5-6-8-13(15)10-11-14-9-7-12-16-14/h7,9,12-13H,2-6,8,10-11,15H2,1H3. The van der Waals surface area contributed by atoms with E-state index in [-0.39, 0.29) is 0 Å². The molecule has 0 aliphatic heterocycles. The highest BCUT2D eigenvalue weighted by Crippen LogP contribution is 2.14. The number of hydrogen-bond acceptors (Lipinski definition) is 2. The third kappa shape index (κ3) is 6.29. The zero-order chi connectivity index (χ0) is 11.6. The van der Waals surface area contributed by atoms with Crippen LogP contribution >= 0.6 is 11.3 Å². The van der Waals surface area contributed by atoms with Crippen molar-refractivity contribution in [3.05, 3.63) is 22.4 Å². The maximum atomic E-state index is 6.11. The van der Waals surface area contributed by atoms with E-state index in [1.807, 2.05) is 11.3 Å². The molecule has 0 radical (unpaired) electrons. The lowest BCUT2D eigenvalue weighted by molar-refractivity contribution is 0.517. The van der Waals surface area contributed by atoms with Crippen LogP contribution in [-0.4, -0.2) is 6.04 Å². The highest BCUT2D eigenvalue weighted by atomic mass is 32.1. The minimum atomic E-state index is 0.406. The normalized spacial score (nSPS) is 12.9. The quantitative estimate of drug-likeness (QED) is 0.636. The molecule has 2 heteroatoms. The topological polar surface area (TPSA) is 26.0 Å². The zero-order valence-corrected chi connectivity index (χ0v) is 11.3. The summed E-state index contributed by atoms with van der Waals surface area (Å²) in [5.41, 5.74) is 6.11. The van der Waals surface area contributed by atoms with Gasteiger partial charge in [-0.2, -0.15) is 0 Å². The Morgan fingerprint density at radius 3 is 2.69 bits per heavy atom. The van der Waals surface area contributed by atoms with Crippen LogP contribution in [0.5, 0.6) is 0 Å². The number of aryl methyl sites for hydroxylation is 1. The van der Waals surface area contributed by atoms with Gasteiger partial charge in [-0.1, -0.05) is 45.1 Å². The highest BCUT2D eigenvalue weighted by molar-refractivity contribution is 7.09.